The van der Waals surface area contributed by atoms with E-state index in [4.69, 9.17) is 0 Å². The normalized spacial score (nSPS) is 15.5. The van der Waals surface area contributed by atoms with Crippen LogP contribution in [0.25, 0.3) is 0 Å². The maximum Gasteiger partial charge on any atom is 0.200 e. The molecule has 1 aliphatic heterocycles. The Kier molecular flexibility index (Phi) is 5.92. The number of aliphatic imine (C=N–C) groups is 1. The summed E-state index contributed by atoms with van der Waals surface area (Å²) in [6.45, 7) is -0.0222. The predicted molar refractivity (Wildman–Crippen MR) is 126 cm³/mol. The second-order valence-corrected chi connectivity index (χ2v) is 9.21. The number of thiophene rings is 1. The van der Waals surface area contributed by atoms with E-state index in [0.29, 0.717) is 33.2 Å². The van der Waals surface area contributed by atoms with Gasteiger partial charge in [-0.3, -0.25) is 14.6 Å². The number of carbonyl (C=O) groups excluding carboxylic acids is 2. The summed E-state index contributed by atoms with van der Waals surface area (Å²) >= 11 is 1.54. The van der Waals surface area contributed by atoms with Crippen molar-refractivity contribution in [1.82, 2.24) is 9.97 Å². The molecule has 8 heteroatoms. The van der Waals surface area contributed by atoms with E-state index in [1.807, 2.05) is 6.07 Å². The zero-order valence-electron chi connectivity index (χ0n) is 17.8. The number of dihydropyridines is 1. The van der Waals surface area contributed by atoms with Gasteiger partial charge in [0.15, 0.2) is 11.6 Å². The average Bonchev–Trinajstić information content (AvgIpc) is 3.27. The molecule has 6 nitrogen and oxygen atoms in total. The van der Waals surface area contributed by atoms with Gasteiger partial charge < -0.3 is 5.32 Å². The van der Waals surface area contributed by atoms with Crippen molar-refractivity contribution in [2.24, 2.45) is 4.99 Å². The molecule has 0 fully saturated rings. The molecule has 0 radical (unpaired) electrons. The first-order chi connectivity index (χ1) is 16.1. The van der Waals surface area contributed by atoms with Crippen molar-refractivity contribution < 1.29 is 14.0 Å². The van der Waals surface area contributed by atoms with Gasteiger partial charge in [-0.15, -0.1) is 11.3 Å². The van der Waals surface area contributed by atoms with Crippen LogP contribution >= 0.6 is 11.3 Å². The predicted octanol–water partition coefficient (Wildman–Crippen LogP) is 4.35. The fourth-order valence-corrected chi connectivity index (χ4v) is 5.24. The zero-order valence-corrected chi connectivity index (χ0v) is 18.6. The average molecular weight is 461 g/mol. The molecule has 1 aromatic carbocycles. The Morgan fingerprint density at radius 2 is 2.03 bits per heavy atom. The number of nitrogens with one attached hydrogen (secondary N) is 1. The maximum absolute atomic E-state index is 14.6. The van der Waals surface area contributed by atoms with Gasteiger partial charge >= 0.3 is 0 Å². The number of aryl methyl sites for hydroxylation is 2. The number of aromatic nitrogens is 2. The Balaban J connectivity index is 1.37. The molecule has 0 spiro atoms. The minimum Gasteiger partial charge on any atom is -0.337 e. The van der Waals surface area contributed by atoms with Crippen molar-refractivity contribution >= 4 is 34.4 Å². The fourth-order valence-electron chi connectivity index (χ4n) is 4.05. The van der Waals surface area contributed by atoms with Crippen LogP contribution in [0.1, 0.15) is 44.1 Å². The third-order valence-electron chi connectivity index (χ3n) is 5.78. The molecule has 0 saturated heterocycles. The van der Waals surface area contributed by atoms with Crippen LogP contribution in [0.5, 0.6) is 0 Å². The lowest BCUT2D eigenvalue weighted by Crippen LogP contribution is -2.21. The first-order valence-corrected chi connectivity index (χ1v) is 11.6. The molecule has 3 heterocycles. The second-order valence-electron chi connectivity index (χ2n) is 8.07. The van der Waals surface area contributed by atoms with Crippen LogP contribution in [-0.2, 0) is 24.1 Å². The molecule has 2 aliphatic rings. The highest BCUT2D eigenvalue weighted by Gasteiger charge is 2.21. The van der Waals surface area contributed by atoms with Gasteiger partial charge in [-0.1, -0.05) is 0 Å². The quantitative estimate of drug-likeness (QED) is 0.553. The van der Waals surface area contributed by atoms with Crippen LogP contribution in [-0.4, -0.2) is 33.8 Å². The van der Waals surface area contributed by atoms with E-state index in [9.17, 15) is 14.0 Å². The van der Waals surface area contributed by atoms with Gasteiger partial charge in [0.1, 0.15) is 24.5 Å². The molecule has 0 atom stereocenters. The molecule has 3 aromatic rings. The van der Waals surface area contributed by atoms with Crippen molar-refractivity contribution in [3.63, 3.8) is 0 Å². The van der Waals surface area contributed by atoms with Crippen molar-refractivity contribution in [2.45, 2.75) is 32.1 Å². The number of ketones is 2. The molecule has 33 heavy (non-hydrogen) atoms. The lowest BCUT2D eigenvalue weighted by Gasteiger charge is -2.15. The third kappa shape index (κ3) is 4.66. The van der Waals surface area contributed by atoms with Crippen LogP contribution < -0.4 is 5.32 Å². The van der Waals surface area contributed by atoms with Crippen molar-refractivity contribution in [3.8, 4) is 0 Å². The summed E-state index contributed by atoms with van der Waals surface area (Å²) in [5.74, 6) is -0.177. The van der Waals surface area contributed by atoms with E-state index >= 15 is 0 Å². The number of fused-ring (bicyclic) bond motifs is 1. The monoisotopic (exact) mass is 460 g/mol. The summed E-state index contributed by atoms with van der Waals surface area (Å²) in [6, 6.07) is 8.24. The number of halogens is 1. The Morgan fingerprint density at radius 3 is 2.85 bits per heavy atom. The highest BCUT2D eigenvalue weighted by Crippen LogP contribution is 2.30. The summed E-state index contributed by atoms with van der Waals surface area (Å²) < 4.78 is 14.6. The number of rotatable bonds is 6. The smallest absolute Gasteiger partial charge is 0.200 e. The highest BCUT2D eigenvalue weighted by atomic mass is 32.1. The maximum atomic E-state index is 14.6. The summed E-state index contributed by atoms with van der Waals surface area (Å²) in [4.78, 5) is 39.5. The van der Waals surface area contributed by atoms with Crippen molar-refractivity contribution in [1.29, 1.82) is 0 Å². The lowest BCUT2D eigenvalue weighted by molar-refractivity contribution is -0.114. The van der Waals surface area contributed by atoms with Crippen LogP contribution in [0.2, 0.25) is 0 Å². The lowest BCUT2D eigenvalue weighted by atomic mass is 9.97. The molecule has 5 rings (SSSR count). The number of carbonyl (C=O) groups is 2. The molecule has 0 bridgehead atoms. The van der Waals surface area contributed by atoms with Gasteiger partial charge in [-0.25, -0.2) is 14.4 Å². The molecule has 0 unspecified atom stereocenters. The van der Waals surface area contributed by atoms with Gasteiger partial charge in [-0.2, -0.15) is 0 Å². The fraction of sp³-hybridized carbons (Fsp3) is 0.240. The molecular formula is C25H21FN4O2S. The molecule has 1 N–H and O–H groups in total. The minimum absolute atomic E-state index is 0.0129. The number of hydrogen-bond acceptors (Lipinski definition) is 7. The second kappa shape index (κ2) is 9.15. The van der Waals surface area contributed by atoms with Crippen molar-refractivity contribution in [2.75, 3.05) is 11.9 Å². The van der Waals surface area contributed by atoms with Crippen LogP contribution in [0, 0.1) is 5.82 Å². The summed E-state index contributed by atoms with van der Waals surface area (Å²) in [5, 5.41) is 2.99. The molecule has 0 amide bonds. The summed E-state index contributed by atoms with van der Waals surface area (Å²) in [7, 11) is 0. The minimum atomic E-state index is -0.427. The summed E-state index contributed by atoms with van der Waals surface area (Å²) in [5.41, 5.74) is 3.14. The van der Waals surface area contributed by atoms with Crippen LogP contribution in [0.3, 0.4) is 0 Å². The standard InChI is InChI=1S/C25H21FN4O2S/c26-18-6-5-15(19-12-20(22(32)13-28-19)30-25-7-8-27-14-29-25)9-17(18)10-21(31)24-11-16-3-1-2-4-23(16)33-24/h5-9,11-12,14H,1-4,10,13H2,(H,27,29,30). The van der Waals surface area contributed by atoms with E-state index < -0.39 is 5.82 Å². The number of Topliss-reactive ketones (excluding diaryl/α,β-unsaturated/α-hetero) is 2. The zero-order chi connectivity index (χ0) is 22.8. The van der Waals surface area contributed by atoms with E-state index in [0.717, 1.165) is 25.7 Å². The first-order valence-electron chi connectivity index (χ1n) is 10.8. The number of nitrogens with zero attached hydrogens (tertiary/aromatic N) is 3. The third-order valence-corrected chi connectivity index (χ3v) is 7.06. The molecule has 2 aromatic heterocycles. The van der Waals surface area contributed by atoms with Crippen LogP contribution in [0.15, 0.2) is 59.6 Å². The van der Waals surface area contributed by atoms with Gasteiger partial charge in [0.2, 0.25) is 0 Å². The van der Waals surface area contributed by atoms with Gasteiger partial charge in [0.25, 0.3) is 0 Å². The number of allylic oxidation sites excluding steroid dienone is 1. The Bertz CT molecular complexity index is 1270. The van der Waals surface area contributed by atoms with Gasteiger partial charge in [0, 0.05) is 23.1 Å². The Labute approximate surface area is 194 Å². The Morgan fingerprint density at radius 1 is 1.15 bits per heavy atom. The largest absolute Gasteiger partial charge is 0.337 e. The molecular weight excluding hydrogens is 439 g/mol. The van der Waals surface area contributed by atoms with E-state index in [1.165, 1.54) is 22.8 Å². The highest BCUT2D eigenvalue weighted by molar-refractivity contribution is 7.14. The number of benzene rings is 1. The van der Waals surface area contributed by atoms with Gasteiger partial charge in [-0.05, 0) is 73.2 Å². The molecule has 0 saturated carbocycles. The van der Waals surface area contributed by atoms with E-state index in [2.05, 4.69) is 20.3 Å². The summed E-state index contributed by atoms with van der Waals surface area (Å²) in [6.07, 6.45) is 8.92. The number of hydrogen-bond donors (Lipinski definition) is 1. The topological polar surface area (TPSA) is 84.3 Å². The molecule has 166 valence electrons. The Hall–Kier alpha value is -3.52. The SMILES string of the molecule is O=C1CN=C(c2ccc(F)c(CC(=O)c3cc4c(s3)CCCC4)c2)C=C1Nc1ccncn1. The molecule has 1 aliphatic carbocycles. The van der Waals surface area contributed by atoms with Crippen LogP contribution in [0.4, 0.5) is 10.2 Å². The number of anilines is 1. The van der Waals surface area contributed by atoms with Crippen molar-refractivity contribution in [3.05, 3.63) is 86.9 Å². The van der Waals surface area contributed by atoms with E-state index in [-0.39, 0.29) is 24.5 Å². The van der Waals surface area contributed by atoms with Gasteiger partial charge in [0.05, 0.1) is 16.3 Å². The van der Waals surface area contributed by atoms with E-state index in [1.54, 1.807) is 41.8 Å². The first kappa shape index (κ1) is 21.3.